The first-order chi connectivity index (χ1) is 40.9. The van der Waals surface area contributed by atoms with E-state index in [-0.39, 0.29) is 61.0 Å². The first-order valence-corrected chi connectivity index (χ1v) is 32.6. The molecule has 20 nitrogen and oxygen atoms in total. The van der Waals surface area contributed by atoms with Crippen molar-refractivity contribution in [1.29, 1.82) is 0 Å². The van der Waals surface area contributed by atoms with Gasteiger partial charge in [-0.1, -0.05) is 102 Å². The standard InChI is InChI=1S/C62H79F2N8O12PS2/c1-36(38-19-21-40(22-20-38)52-37(2)66-35-86-52)67-55(76)46-29-44(73)32-71(46)58(79)53(60(3,4)5)68-50(74)18-12-13-25-65-51(75)34-84-45-30-47(57(78)70-26-14-17-41(31-70)39-15-10-9-11-16-39)72(33-45)59(80)54(61(6,7)8)69-56(77)49-28-42-27-43(23-24-48(42)87-49)62(63,64)85(81,82)83/h9-11,15-16,19-24,27-28,35-36,41,44-47,53-54,73H,12-14,17-18,25-26,29-34H2,1-8H3,(H,65,75)(H,67,76)(H,68,74)(H,69,77)(H2,81,82,83)/t36?,41-,44+,45-,46-,47-,53?,54?/m0/s1. The number of alkyl halides is 2. The van der Waals surface area contributed by atoms with E-state index in [1.54, 1.807) is 63.3 Å². The summed E-state index contributed by atoms with van der Waals surface area (Å²) in [4.78, 5) is 127. The molecule has 0 saturated carbocycles. The van der Waals surface area contributed by atoms with Gasteiger partial charge < -0.3 is 55.6 Å². The Hall–Kier alpha value is -6.53. The average Bonchev–Trinajstić information content (AvgIpc) is 1.94. The first-order valence-electron chi connectivity index (χ1n) is 29.3. The number of nitrogens with zero attached hydrogens (tertiary/aromatic N) is 4. The Kier molecular flexibility index (Phi) is 21.0. The van der Waals surface area contributed by atoms with Crippen LogP contribution in [0.3, 0.4) is 0 Å². The van der Waals surface area contributed by atoms with Gasteiger partial charge in [-0.3, -0.25) is 38.1 Å². The molecule has 8 rings (SSSR count). The second kappa shape index (κ2) is 27.5. The smallest absolute Gasteiger partial charge is 0.391 e. The SMILES string of the molecule is Cc1ncsc1-c1ccc(C(C)NC(=O)[C@@H]2C[C@@H](O)CN2C(=O)C(NC(=O)CCCCNC(=O)CO[C@H]2C[C@@H](C(=O)N3CCC[C@H](c4ccccc4)C3)N(C(=O)C(NC(=O)c3cc4cc(C(F)(F)P(=O)(O)O)ccc4s3)C(C)(C)C)C2)C(C)(C)C)cc1. The van der Waals surface area contributed by atoms with Crippen molar-refractivity contribution in [1.82, 2.24) is 41.0 Å². The third-order valence-corrected chi connectivity index (χ3v) is 19.4. The Morgan fingerprint density at radius 2 is 1.47 bits per heavy atom. The lowest BCUT2D eigenvalue weighted by molar-refractivity contribution is -0.147. The molecule has 2 aromatic heterocycles. The van der Waals surface area contributed by atoms with Crippen LogP contribution in [0.4, 0.5) is 8.78 Å². The number of halogens is 2. The zero-order valence-corrected chi connectivity index (χ0v) is 52.7. The summed E-state index contributed by atoms with van der Waals surface area (Å²) in [6.45, 7) is 14.9. The molecule has 5 aromatic rings. The molecule has 8 atom stereocenters. The van der Waals surface area contributed by atoms with E-state index in [0.717, 1.165) is 63.6 Å². The van der Waals surface area contributed by atoms with Crippen molar-refractivity contribution in [2.24, 2.45) is 10.8 Å². The summed E-state index contributed by atoms with van der Waals surface area (Å²) in [6, 6.07) is 17.3. The molecular formula is C62H79F2N8O12PS2. The number of thiophene rings is 1. The summed E-state index contributed by atoms with van der Waals surface area (Å²) in [5.41, 5.74) is -1.44. The number of β-amino-alcohol motifs (C(OH)–C–C–N with tert-alkyl or cyclic N) is 1. The summed E-state index contributed by atoms with van der Waals surface area (Å²) in [5.74, 6) is -3.34. The van der Waals surface area contributed by atoms with E-state index >= 15 is 0 Å². The Balaban J connectivity index is 0.852. The van der Waals surface area contributed by atoms with Crippen molar-refractivity contribution in [2.45, 2.75) is 154 Å². The Bertz CT molecular complexity index is 3370. The number of aliphatic hydroxyl groups excluding tert-OH is 1. The van der Waals surface area contributed by atoms with Crippen molar-refractivity contribution >= 4 is 81.7 Å². The highest BCUT2D eigenvalue weighted by atomic mass is 32.1. The van der Waals surface area contributed by atoms with Crippen LogP contribution in [0.5, 0.6) is 0 Å². The van der Waals surface area contributed by atoms with Gasteiger partial charge in [-0.15, -0.1) is 22.7 Å². The molecule has 25 heteroatoms. The van der Waals surface area contributed by atoms with Gasteiger partial charge in [0.2, 0.25) is 35.4 Å². The van der Waals surface area contributed by atoms with Gasteiger partial charge in [-0.2, -0.15) is 8.78 Å². The van der Waals surface area contributed by atoms with E-state index in [0.29, 0.717) is 30.6 Å². The molecule has 3 aliphatic heterocycles. The lowest BCUT2D eigenvalue weighted by Crippen LogP contribution is -2.58. The number of aromatic nitrogens is 1. The van der Waals surface area contributed by atoms with Crippen LogP contribution < -0.4 is 21.3 Å². The Labute approximate surface area is 513 Å². The molecule has 3 aromatic carbocycles. The molecule has 0 spiro atoms. The molecule has 3 unspecified atom stereocenters. The largest absolute Gasteiger partial charge is 0.399 e. The molecule has 3 fully saturated rings. The van der Waals surface area contributed by atoms with E-state index in [9.17, 15) is 61.8 Å². The number of likely N-dealkylation sites (tertiary alicyclic amines) is 3. The Morgan fingerprint density at radius 3 is 2.11 bits per heavy atom. The Morgan fingerprint density at radius 1 is 0.805 bits per heavy atom. The van der Waals surface area contributed by atoms with Gasteiger partial charge >= 0.3 is 13.3 Å². The van der Waals surface area contributed by atoms with Crippen LogP contribution in [-0.4, -0.2) is 152 Å². The lowest BCUT2D eigenvalue weighted by Gasteiger charge is -2.38. The second-order valence-corrected chi connectivity index (χ2v) is 28.7. The summed E-state index contributed by atoms with van der Waals surface area (Å²) in [5, 5.41) is 22.4. The summed E-state index contributed by atoms with van der Waals surface area (Å²) in [7, 11) is -5.87. The topological polar surface area (TPSA) is 277 Å². The van der Waals surface area contributed by atoms with E-state index in [1.165, 1.54) is 21.9 Å². The van der Waals surface area contributed by atoms with E-state index < -0.39 is 114 Å². The van der Waals surface area contributed by atoms with Gasteiger partial charge in [0.25, 0.3) is 5.91 Å². The number of aliphatic hydroxyl groups is 1. The van der Waals surface area contributed by atoms with Gasteiger partial charge in [0.05, 0.1) is 39.2 Å². The van der Waals surface area contributed by atoms with Crippen molar-refractivity contribution in [3.05, 3.63) is 112 Å². The van der Waals surface area contributed by atoms with Crippen LogP contribution in [0.25, 0.3) is 20.5 Å². The van der Waals surface area contributed by atoms with Crippen LogP contribution in [0.2, 0.25) is 0 Å². The van der Waals surface area contributed by atoms with Crippen molar-refractivity contribution < 1.29 is 66.5 Å². The van der Waals surface area contributed by atoms with Crippen LogP contribution in [-0.2, 0) is 43.7 Å². The maximum Gasteiger partial charge on any atom is 0.399 e. The van der Waals surface area contributed by atoms with E-state index in [2.05, 4.69) is 26.3 Å². The molecular weight excluding hydrogens is 1180 g/mol. The predicted octanol–water partition coefficient (Wildman–Crippen LogP) is 7.75. The fourth-order valence-corrected chi connectivity index (χ4v) is 13.7. The van der Waals surface area contributed by atoms with Gasteiger partial charge in [0.15, 0.2) is 0 Å². The molecule has 0 bridgehead atoms. The minimum atomic E-state index is -5.87. The van der Waals surface area contributed by atoms with Gasteiger partial charge in [-0.05, 0) is 90.6 Å². The van der Waals surface area contributed by atoms with Crippen LogP contribution in [0, 0.1) is 17.8 Å². The number of ether oxygens (including phenoxy) is 1. The fraction of sp³-hybridized carbons (Fsp3) is 0.516. The minimum Gasteiger partial charge on any atom is -0.391 e. The highest BCUT2D eigenvalue weighted by Gasteiger charge is 2.51. The third-order valence-electron chi connectivity index (χ3n) is 16.3. The molecule has 470 valence electrons. The highest BCUT2D eigenvalue weighted by Crippen LogP contribution is 2.59. The number of piperidine rings is 1. The van der Waals surface area contributed by atoms with Crippen molar-refractivity contribution in [2.75, 3.05) is 39.3 Å². The zero-order chi connectivity index (χ0) is 63.3. The quantitative estimate of drug-likeness (QED) is 0.0274. The number of carbonyl (C=O) groups excluding carboxylic acids is 7. The number of nitrogens with one attached hydrogen (secondary N) is 4. The molecule has 7 N–H and O–H groups in total. The molecule has 5 heterocycles. The molecule has 7 amide bonds. The highest BCUT2D eigenvalue weighted by molar-refractivity contribution is 7.52. The number of benzene rings is 3. The lowest BCUT2D eigenvalue weighted by atomic mass is 9.85. The number of hydrogen-bond acceptors (Lipinski definition) is 13. The third kappa shape index (κ3) is 16.0. The average molecular weight is 1260 g/mol. The van der Waals surface area contributed by atoms with Gasteiger partial charge in [-0.25, -0.2) is 4.98 Å². The monoisotopic (exact) mass is 1260 g/mol. The fourth-order valence-electron chi connectivity index (χ4n) is 11.4. The molecule has 0 aliphatic carbocycles. The van der Waals surface area contributed by atoms with E-state index in [4.69, 9.17) is 4.74 Å². The number of thiazole rings is 1. The molecule has 0 radical (unpaired) electrons. The summed E-state index contributed by atoms with van der Waals surface area (Å²) < 4.78 is 47.4. The van der Waals surface area contributed by atoms with Gasteiger partial charge in [0.1, 0.15) is 30.8 Å². The number of unbranched alkanes of at least 4 members (excludes halogenated alkanes) is 1. The van der Waals surface area contributed by atoms with Crippen molar-refractivity contribution in [3.8, 4) is 10.4 Å². The summed E-state index contributed by atoms with van der Waals surface area (Å²) >= 11 is 2.48. The molecule has 3 aliphatic rings. The number of amides is 7. The minimum absolute atomic E-state index is 0.0202. The molecule has 87 heavy (non-hydrogen) atoms. The maximum atomic E-state index is 14.9. The van der Waals surface area contributed by atoms with Crippen molar-refractivity contribution in [3.63, 3.8) is 0 Å². The van der Waals surface area contributed by atoms with Crippen LogP contribution in [0.15, 0.2) is 84.4 Å². The maximum absolute atomic E-state index is 14.9. The van der Waals surface area contributed by atoms with E-state index in [1.807, 2.05) is 68.4 Å². The predicted molar refractivity (Wildman–Crippen MR) is 327 cm³/mol. The van der Waals surface area contributed by atoms with Gasteiger partial charge in [0, 0.05) is 68.2 Å². The number of carbonyl (C=O) groups is 7. The van der Waals surface area contributed by atoms with Crippen LogP contribution in [0.1, 0.15) is 137 Å². The number of rotatable bonds is 21. The number of fused-ring (bicyclic) bond motifs is 1. The second-order valence-electron chi connectivity index (χ2n) is 25.1. The normalized spacial score (nSPS) is 20.4. The van der Waals surface area contributed by atoms with Crippen LogP contribution >= 0.6 is 30.3 Å². The number of aryl methyl sites for hydroxylation is 1. The number of hydrogen-bond donors (Lipinski definition) is 7. The first kappa shape index (κ1) is 66.4. The zero-order valence-electron chi connectivity index (χ0n) is 50.2. The summed E-state index contributed by atoms with van der Waals surface area (Å²) in [6.07, 6.45) is 0.700. The molecule has 3 saturated heterocycles.